The number of aromatic nitrogens is 2. The molecule has 2 aromatic heterocycles. The highest BCUT2D eigenvalue weighted by Crippen LogP contribution is 2.36. The molecule has 0 bridgehead atoms. The van der Waals surface area contributed by atoms with Crippen molar-refractivity contribution in [2.75, 3.05) is 18.0 Å². The van der Waals surface area contributed by atoms with Crippen LogP contribution in [0.25, 0.3) is 11.0 Å². The molecule has 1 unspecified atom stereocenters. The second-order valence-corrected chi connectivity index (χ2v) is 6.34. The van der Waals surface area contributed by atoms with E-state index in [0.29, 0.717) is 0 Å². The lowest BCUT2D eigenvalue weighted by Gasteiger charge is -2.33. The summed E-state index contributed by atoms with van der Waals surface area (Å²) >= 11 is 3.58. The lowest BCUT2D eigenvalue weighted by molar-refractivity contribution is -0.117. The Labute approximate surface area is 143 Å². The Kier molecular flexibility index (Phi) is 5.31. The first-order chi connectivity index (χ1) is 10.1. The van der Waals surface area contributed by atoms with E-state index in [1.807, 2.05) is 6.20 Å². The van der Waals surface area contributed by atoms with Gasteiger partial charge in [0.15, 0.2) is 0 Å². The molecule has 1 amide bonds. The summed E-state index contributed by atoms with van der Waals surface area (Å²) in [5, 5.41) is 0.956. The lowest BCUT2D eigenvalue weighted by Crippen LogP contribution is -2.43. The minimum Gasteiger partial charge on any atom is -0.369 e. The SMILES string of the molecule is Cl.NC(=O)Cc1c[nH]c2ncc(Br)c(N3CCCC(N)C3)c12. The molecule has 1 atom stereocenters. The highest BCUT2D eigenvalue weighted by atomic mass is 79.9. The Morgan fingerprint density at radius 2 is 2.32 bits per heavy atom. The largest absolute Gasteiger partial charge is 0.369 e. The molecule has 3 heterocycles. The number of carbonyl (C=O) groups is 1. The quantitative estimate of drug-likeness (QED) is 0.745. The molecule has 6 nitrogen and oxygen atoms in total. The Balaban J connectivity index is 0.00000176. The Morgan fingerprint density at radius 3 is 3.00 bits per heavy atom. The van der Waals surface area contributed by atoms with E-state index in [9.17, 15) is 4.79 Å². The molecule has 0 aromatic carbocycles. The summed E-state index contributed by atoms with van der Waals surface area (Å²) in [6.45, 7) is 1.76. The zero-order valence-electron chi connectivity index (χ0n) is 12.0. The van der Waals surface area contributed by atoms with Gasteiger partial charge in [-0.1, -0.05) is 0 Å². The van der Waals surface area contributed by atoms with Gasteiger partial charge in [0.2, 0.25) is 5.91 Å². The zero-order chi connectivity index (χ0) is 15.0. The first-order valence-corrected chi connectivity index (χ1v) is 7.79. The third-order valence-corrected chi connectivity index (χ3v) is 4.43. The lowest BCUT2D eigenvalue weighted by atomic mass is 10.0. The highest BCUT2D eigenvalue weighted by molar-refractivity contribution is 9.10. The van der Waals surface area contributed by atoms with Crippen LogP contribution in [0, 0.1) is 0 Å². The van der Waals surface area contributed by atoms with Crippen LogP contribution in [0.1, 0.15) is 18.4 Å². The number of fused-ring (bicyclic) bond motifs is 1. The van der Waals surface area contributed by atoms with Crippen molar-refractivity contribution in [3.8, 4) is 0 Å². The molecule has 5 N–H and O–H groups in total. The molecule has 1 fully saturated rings. The summed E-state index contributed by atoms with van der Waals surface area (Å²) in [4.78, 5) is 21.0. The number of nitrogens with two attached hydrogens (primary N) is 2. The number of rotatable bonds is 3. The van der Waals surface area contributed by atoms with Crippen LogP contribution < -0.4 is 16.4 Å². The number of amides is 1. The van der Waals surface area contributed by atoms with Crippen molar-refractivity contribution in [2.45, 2.75) is 25.3 Å². The van der Waals surface area contributed by atoms with Crippen LogP contribution in [0.3, 0.4) is 0 Å². The van der Waals surface area contributed by atoms with E-state index in [-0.39, 0.29) is 30.8 Å². The molecule has 0 aliphatic carbocycles. The topological polar surface area (TPSA) is 101 Å². The van der Waals surface area contributed by atoms with Crippen LogP contribution in [0.4, 0.5) is 5.69 Å². The maximum absolute atomic E-state index is 11.3. The molecular formula is C14H19BrClN5O. The van der Waals surface area contributed by atoms with E-state index >= 15 is 0 Å². The van der Waals surface area contributed by atoms with Gasteiger partial charge in [0, 0.05) is 36.9 Å². The fourth-order valence-corrected chi connectivity index (χ4v) is 3.52. The van der Waals surface area contributed by atoms with Gasteiger partial charge in [0.1, 0.15) is 5.65 Å². The summed E-state index contributed by atoms with van der Waals surface area (Å²) in [5.74, 6) is -0.350. The number of halogens is 2. The van der Waals surface area contributed by atoms with E-state index in [4.69, 9.17) is 11.5 Å². The molecule has 1 saturated heterocycles. The van der Waals surface area contributed by atoms with Gasteiger partial charge < -0.3 is 21.4 Å². The van der Waals surface area contributed by atoms with Crippen LogP contribution >= 0.6 is 28.3 Å². The van der Waals surface area contributed by atoms with Crippen LogP contribution in [0.5, 0.6) is 0 Å². The molecule has 1 aliphatic rings. The molecule has 0 saturated carbocycles. The summed E-state index contributed by atoms with van der Waals surface area (Å²) in [7, 11) is 0. The highest BCUT2D eigenvalue weighted by Gasteiger charge is 2.23. The van der Waals surface area contributed by atoms with Gasteiger partial charge in [-0.3, -0.25) is 4.79 Å². The average Bonchev–Trinajstić information content (AvgIpc) is 2.81. The summed E-state index contributed by atoms with van der Waals surface area (Å²) < 4.78 is 0.912. The maximum atomic E-state index is 11.3. The third kappa shape index (κ3) is 3.21. The number of hydrogen-bond donors (Lipinski definition) is 3. The van der Waals surface area contributed by atoms with Gasteiger partial charge in [-0.25, -0.2) is 4.98 Å². The second kappa shape index (κ2) is 6.85. The first-order valence-electron chi connectivity index (χ1n) is 6.99. The number of aromatic amines is 1. The Hall–Kier alpha value is -1.31. The maximum Gasteiger partial charge on any atom is 0.221 e. The molecule has 120 valence electrons. The molecule has 0 spiro atoms. The molecule has 3 rings (SSSR count). The smallest absolute Gasteiger partial charge is 0.221 e. The number of nitrogens with one attached hydrogen (secondary N) is 1. The van der Waals surface area contributed by atoms with Crippen molar-refractivity contribution in [3.05, 3.63) is 22.4 Å². The van der Waals surface area contributed by atoms with Gasteiger partial charge in [-0.05, 0) is 34.3 Å². The fraction of sp³-hybridized carbons (Fsp3) is 0.429. The minimum absolute atomic E-state index is 0. The number of primary amides is 1. The fourth-order valence-electron chi connectivity index (χ4n) is 2.97. The van der Waals surface area contributed by atoms with Crippen LogP contribution in [0.2, 0.25) is 0 Å². The predicted molar refractivity (Wildman–Crippen MR) is 93.4 cm³/mol. The zero-order valence-corrected chi connectivity index (χ0v) is 14.4. The number of nitrogens with zero attached hydrogens (tertiary/aromatic N) is 2. The number of hydrogen-bond acceptors (Lipinski definition) is 4. The molecule has 2 aromatic rings. The number of H-pyrrole nitrogens is 1. The Bertz CT molecular complexity index is 689. The van der Waals surface area contributed by atoms with E-state index < -0.39 is 0 Å². The number of pyridine rings is 1. The molecule has 1 aliphatic heterocycles. The summed E-state index contributed by atoms with van der Waals surface area (Å²) in [6, 6.07) is 0.174. The van der Waals surface area contributed by atoms with Gasteiger partial charge >= 0.3 is 0 Å². The van der Waals surface area contributed by atoms with E-state index in [1.165, 1.54) is 0 Å². The van der Waals surface area contributed by atoms with Gasteiger partial charge in [0.05, 0.1) is 16.6 Å². The van der Waals surface area contributed by atoms with Gasteiger partial charge in [0.25, 0.3) is 0 Å². The van der Waals surface area contributed by atoms with Gasteiger partial charge in [-0.2, -0.15) is 0 Å². The molecule has 22 heavy (non-hydrogen) atoms. The average molecular weight is 389 g/mol. The normalized spacial score (nSPS) is 18.3. The van der Waals surface area contributed by atoms with Crippen molar-refractivity contribution in [1.82, 2.24) is 9.97 Å². The van der Waals surface area contributed by atoms with E-state index in [0.717, 1.165) is 52.7 Å². The predicted octanol–water partition coefficient (Wildman–Crippen LogP) is 1.70. The first kappa shape index (κ1) is 17.1. The number of piperidine rings is 1. The Morgan fingerprint density at radius 1 is 1.55 bits per heavy atom. The standard InChI is InChI=1S/C14H18BrN5O.ClH/c15-10-6-19-14-12(8(5-18-14)4-11(17)21)13(10)20-3-1-2-9(16)7-20;/h5-6,9H,1-4,7,16H2,(H2,17,21)(H,18,19);1H. The molecular weight excluding hydrogens is 370 g/mol. The minimum atomic E-state index is -0.350. The second-order valence-electron chi connectivity index (χ2n) is 5.48. The van der Waals surface area contributed by atoms with E-state index in [2.05, 4.69) is 30.8 Å². The van der Waals surface area contributed by atoms with Crippen LogP contribution in [-0.4, -0.2) is 35.0 Å². The molecule has 0 radical (unpaired) electrons. The number of anilines is 1. The third-order valence-electron chi connectivity index (χ3n) is 3.85. The van der Waals surface area contributed by atoms with Gasteiger partial charge in [-0.15, -0.1) is 12.4 Å². The van der Waals surface area contributed by atoms with Crippen LogP contribution in [0.15, 0.2) is 16.9 Å². The summed E-state index contributed by atoms with van der Waals surface area (Å²) in [6.07, 6.45) is 5.90. The van der Waals surface area contributed by atoms with Crippen LogP contribution in [-0.2, 0) is 11.2 Å². The van der Waals surface area contributed by atoms with Crippen molar-refractivity contribution in [1.29, 1.82) is 0 Å². The van der Waals surface area contributed by atoms with E-state index in [1.54, 1.807) is 6.20 Å². The van der Waals surface area contributed by atoms with Crippen molar-refractivity contribution in [3.63, 3.8) is 0 Å². The summed E-state index contributed by atoms with van der Waals surface area (Å²) in [5.41, 5.74) is 14.1. The number of carbonyl (C=O) groups excluding carboxylic acids is 1. The van der Waals surface area contributed by atoms with Crippen molar-refractivity contribution >= 4 is 51.0 Å². The monoisotopic (exact) mass is 387 g/mol. The molecule has 8 heteroatoms. The van der Waals surface area contributed by atoms with Crippen molar-refractivity contribution < 1.29 is 4.79 Å². The van der Waals surface area contributed by atoms with Crippen molar-refractivity contribution in [2.24, 2.45) is 11.5 Å².